The van der Waals surface area contributed by atoms with Crippen molar-refractivity contribution in [2.75, 3.05) is 6.61 Å². The summed E-state index contributed by atoms with van der Waals surface area (Å²) in [5.74, 6) is 0.365. The van der Waals surface area contributed by atoms with E-state index < -0.39 is 0 Å². The summed E-state index contributed by atoms with van der Waals surface area (Å²) in [6.07, 6.45) is 2.28. The Kier molecular flexibility index (Phi) is 5.75. The molecule has 1 aromatic carbocycles. The number of aryl methyl sites for hydroxylation is 2. The maximum atomic E-state index is 11.5. The van der Waals surface area contributed by atoms with E-state index in [9.17, 15) is 4.79 Å². The quantitative estimate of drug-likeness (QED) is 0.704. The molecule has 2 heteroatoms. The number of rotatable bonds is 6. The molecule has 0 spiro atoms. The van der Waals surface area contributed by atoms with Crippen molar-refractivity contribution in [3.63, 3.8) is 0 Å². The number of benzene rings is 1. The first-order valence-corrected chi connectivity index (χ1v) is 6.33. The number of ether oxygens (including phenoxy) is 1. The molecule has 1 unspecified atom stereocenters. The lowest BCUT2D eigenvalue weighted by atomic mass is 10.1. The highest BCUT2D eigenvalue weighted by Gasteiger charge is 2.06. The molecule has 0 aliphatic rings. The first-order valence-electron chi connectivity index (χ1n) is 6.33. The predicted molar refractivity (Wildman–Crippen MR) is 69.9 cm³/mol. The second-order valence-electron chi connectivity index (χ2n) is 4.68. The van der Waals surface area contributed by atoms with E-state index in [1.165, 1.54) is 11.1 Å². The van der Waals surface area contributed by atoms with Gasteiger partial charge >= 0.3 is 5.97 Å². The van der Waals surface area contributed by atoms with Crippen LogP contribution in [0.25, 0.3) is 0 Å². The van der Waals surface area contributed by atoms with E-state index in [4.69, 9.17) is 4.74 Å². The Balaban J connectivity index is 2.26. The van der Waals surface area contributed by atoms with Gasteiger partial charge in [-0.1, -0.05) is 50.1 Å². The first-order chi connectivity index (χ1) is 8.11. The van der Waals surface area contributed by atoms with E-state index in [1.807, 2.05) is 0 Å². The fraction of sp³-hybridized carbons (Fsp3) is 0.533. The molecule has 0 aliphatic carbocycles. The summed E-state index contributed by atoms with van der Waals surface area (Å²) >= 11 is 0. The molecule has 0 bridgehead atoms. The zero-order chi connectivity index (χ0) is 12.7. The minimum absolute atomic E-state index is 0.0918. The molecule has 0 saturated carbocycles. The van der Waals surface area contributed by atoms with E-state index in [2.05, 4.69) is 45.0 Å². The Morgan fingerprint density at radius 1 is 1.29 bits per heavy atom. The number of hydrogen-bond acceptors (Lipinski definition) is 2. The number of esters is 1. The van der Waals surface area contributed by atoms with Crippen LogP contribution in [0, 0.1) is 12.8 Å². The third kappa shape index (κ3) is 5.53. The molecule has 0 aliphatic heterocycles. The summed E-state index contributed by atoms with van der Waals surface area (Å²) in [6, 6.07) is 8.27. The minimum Gasteiger partial charge on any atom is -0.465 e. The van der Waals surface area contributed by atoms with Crippen LogP contribution >= 0.6 is 0 Å². The van der Waals surface area contributed by atoms with Crippen molar-refractivity contribution in [2.24, 2.45) is 5.92 Å². The summed E-state index contributed by atoms with van der Waals surface area (Å²) in [4.78, 5) is 11.5. The molecule has 1 atom stereocenters. The molecular weight excluding hydrogens is 212 g/mol. The fourth-order valence-corrected chi connectivity index (χ4v) is 1.43. The molecule has 17 heavy (non-hydrogen) atoms. The summed E-state index contributed by atoms with van der Waals surface area (Å²) in [5.41, 5.74) is 2.43. The van der Waals surface area contributed by atoms with Crippen molar-refractivity contribution in [2.45, 2.75) is 40.0 Å². The summed E-state index contributed by atoms with van der Waals surface area (Å²) in [5, 5.41) is 0. The van der Waals surface area contributed by atoms with Crippen LogP contribution < -0.4 is 0 Å². The van der Waals surface area contributed by atoms with Crippen LogP contribution in [0.1, 0.15) is 37.8 Å². The lowest BCUT2D eigenvalue weighted by molar-refractivity contribution is -0.144. The molecule has 0 radical (unpaired) electrons. The number of carbonyl (C=O) groups excluding carboxylic acids is 1. The Morgan fingerprint density at radius 3 is 2.53 bits per heavy atom. The lowest BCUT2D eigenvalue weighted by Gasteiger charge is -2.09. The van der Waals surface area contributed by atoms with Crippen molar-refractivity contribution < 1.29 is 9.53 Å². The maximum Gasteiger partial charge on any atom is 0.306 e. The van der Waals surface area contributed by atoms with Gasteiger partial charge in [-0.25, -0.2) is 0 Å². The summed E-state index contributed by atoms with van der Waals surface area (Å²) < 4.78 is 5.20. The largest absolute Gasteiger partial charge is 0.465 e. The van der Waals surface area contributed by atoms with E-state index in [1.54, 1.807) is 0 Å². The molecule has 94 valence electrons. The number of hydrogen-bond donors (Lipinski definition) is 0. The molecule has 0 saturated heterocycles. The zero-order valence-electron chi connectivity index (χ0n) is 11.0. The minimum atomic E-state index is -0.0918. The standard InChI is InChI=1S/C15H22O2/c1-4-12(2)11-17-15(16)10-9-14-7-5-13(3)6-8-14/h5-8,12H,4,9-11H2,1-3H3. The van der Waals surface area contributed by atoms with E-state index in [0.29, 0.717) is 18.9 Å². The average Bonchev–Trinajstić information content (AvgIpc) is 2.35. The van der Waals surface area contributed by atoms with Gasteiger partial charge in [0.2, 0.25) is 0 Å². The van der Waals surface area contributed by atoms with Crippen LogP contribution in [0.4, 0.5) is 0 Å². The highest BCUT2D eigenvalue weighted by atomic mass is 16.5. The summed E-state index contributed by atoms with van der Waals surface area (Å²) in [6.45, 7) is 6.80. The lowest BCUT2D eigenvalue weighted by Crippen LogP contribution is -2.11. The van der Waals surface area contributed by atoms with Gasteiger partial charge in [0.15, 0.2) is 0 Å². The van der Waals surface area contributed by atoms with Crippen molar-refractivity contribution in [3.05, 3.63) is 35.4 Å². The second kappa shape index (κ2) is 7.10. The van der Waals surface area contributed by atoms with Crippen LogP contribution in [0.3, 0.4) is 0 Å². The molecule has 0 aromatic heterocycles. The topological polar surface area (TPSA) is 26.3 Å². The normalized spacial score (nSPS) is 12.2. The van der Waals surface area contributed by atoms with Gasteiger partial charge in [-0.2, -0.15) is 0 Å². The van der Waals surface area contributed by atoms with Gasteiger partial charge in [0.05, 0.1) is 6.61 Å². The van der Waals surface area contributed by atoms with E-state index >= 15 is 0 Å². The molecule has 0 fully saturated rings. The maximum absolute atomic E-state index is 11.5. The van der Waals surface area contributed by atoms with Crippen molar-refractivity contribution in [1.29, 1.82) is 0 Å². The third-order valence-corrected chi connectivity index (χ3v) is 2.96. The van der Waals surface area contributed by atoms with Crippen molar-refractivity contribution in [1.82, 2.24) is 0 Å². The van der Waals surface area contributed by atoms with Crippen LogP contribution in [0.15, 0.2) is 24.3 Å². The van der Waals surface area contributed by atoms with Gasteiger partial charge in [-0.15, -0.1) is 0 Å². The first kappa shape index (κ1) is 13.8. The average molecular weight is 234 g/mol. The van der Waals surface area contributed by atoms with Gasteiger partial charge in [-0.05, 0) is 24.8 Å². The monoisotopic (exact) mass is 234 g/mol. The van der Waals surface area contributed by atoms with Crippen LogP contribution in [-0.4, -0.2) is 12.6 Å². The van der Waals surface area contributed by atoms with Crippen LogP contribution in [0.2, 0.25) is 0 Å². The SMILES string of the molecule is CCC(C)COC(=O)CCc1ccc(C)cc1. The predicted octanol–water partition coefficient (Wildman–Crippen LogP) is 3.52. The molecule has 1 rings (SSSR count). The van der Waals surface area contributed by atoms with Gasteiger partial charge in [0.25, 0.3) is 0 Å². The molecule has 0 heterocycles. The smallest absolute Gasteiger partial charge is 0.306 e. The van der Waals surface area contributed by atoms with Gasteiger partial charge < -0.3 is 4.74 Å². The Hall–Kier alpha value is -1.31. The molecule has 0 amide bonds. The molecular formula is C15H22O2. The molecule has 2 nitrogen and oxygen atoms in total. The van der Waals surface area contributed by atoms with E-state index in [0.717, 1.165) is 12.8 Å². The second-order valence-corrected chi connectivity index (χ2v) is 4.68. The van der Waals surface area contributed by atoms with Crippen LogP contribution in [-0.2, 0) is 16.0 Å². The zero-order valence-corrected chi connectivity index (χ0v) is 11.0. The van der Waals surface area contributed by atoms with E-state index in [-0.39, 0.29) is 5.97 Å². The molecule has 1 aromatic rings. The highest BCUT2D eigenvalue weighted by Crippen LogP contribution is 2.07. The molecule has 0 N–H and O–H groups in total. The summed E-state index contributed by atoms with van der Waals surface area (Å²) in [7, 11) is 0. The Bertz CT molecular complexity index is 340. The van der Waals surface area contributed by atoms with Gasteiger partial charge in [-0.3, -0.25) is 4.79 Å². The van der Waals surface area contributed by atoms with Gasteiger partial charge in [0, 0.05) is 6.42 Å². The van der Waals surface area contributed by atoms with Crippen molar-refractivity contribution in [3.8, 4) is 0 Å². The highest BCUT2D eigenvalue weighted by molar-refractivity contribution is 5.69. The Morgan fingerprint density at radius 2 is 1.94 bits per heavy atom. The fourth-order valence-electron chi connectivity index (χ4n) is 1.43. The Labute approximate surface area is 104 Å². The number of carbonyl (C=O) groups is 1. The van der Waals surface area contributed by atoms with Gasteiger partial charge in [0.1, 0.15) is 0 Å². The van der Waals surface area contributed by atoms with Crippen molar-refractivity contribution >= 4 is 5.97 Å². The third-order valence-electron chi connectivity index (χ3n) is 2.96. The van der Waals surface area contributed by atoms with Crippen LogP contribution in [0.5, 0.6) is 0 Å².